The van der Waals surface area contributed by atoms with Gasteiger partial charge in [0, 0.05) is 10.2 Å². The molecule has 1 unspecified atom stereocenters. The zero-order valence-corrected chi connectivity index (χ0v) is 12.8. The monoisotopic (exact) mass is 376 g/mol. The van der Waals surface area contributed by atoms with Gasteiger partial charge in [-0.2, -0.15) is 0 Å². The van der Waals surface area contributed by atoms with Crippen LogP contribution in [0.4, 0.5) is 0 Å². The lowest BCUT2D eigenvalue weighted by atomic mass is 10.1. The highest BCUT2D eigenvalue weighted by Gasteiger charge is 2.21. The number of benzene rings is 1. The van der Waals surface area contributed by atoms with Gasteiger partial charge in [-0.25, -0.2) is 4.98 Å². The van der Waals surface area contributed by atoms with E-state index in [0.29, 0.717) is 11.9 Å². The molecule has 2 heterocycles. The summed E-state index contributed by atoms with van der Waals surface area (Å²) >= 11 is 8.35. The first-order valence-corrected chi connectivity index (χ1v) is 7.71. The molecule has 1 atom stereocenters. The van der Waals surface area contributed by atoms with Gasteiger partial charge >= 0.3 is 0 Å². The topological polar surface area (TPSA) is 27.1 Å². The minimum Gasteiger partial charge on any atom is -0.379 e. The molecule has 3 rings (SSSR count). The molecule has 0 saturated carbocycles. The molecule has 0 aliphatic carbocycles. The number of aromatic nitrogens is 2. The molecule has 1 aliphatic rings. The number of ether oxygens (including phenoxy) is 1. The van der Waals surface area contributed by atoms with Gasteiger partial charge in [-0.3, -0.25) is 0 Å². The molecule has 0 amide bonds. The highest BCUT2D eigenvalue weighted by molar-refractivity contribution is 14.1. The average Bonchev–Trinajstić information content (AvgIpc) is 2.77. The first kappa shape index (κ1) is 12.7. The highest BCUT2D eigenvalue weighted by Crippen LogP contribution is 2.28. The van der Waals surface area contributed by atoms with Gasteiger partial charge in [0.15, 0.2) is 0 Å². The van der Waals surface area contributed by atoms with E-state index in [1.54, 1.807) is 0 Å². The molecule has 1 aliphatic heterocycles. The standard InChI is InChI=1S/C13H14ClIN2O/c14-7-13-16-11-6-9(15)3-4-12(11)17(13)10-2-1-5-18-8-10/h3-4,6,10H,1-2,5,7-8H2. The molecular formula is C13H14ClIN2O. The fourth-order valence-electron chi connectivity index (χ4n) is 2.55. The van der Waals surface area contributed by atoms with E-state index in [-0.39, 0.29) is 0 Å². The van der Waals surface area contributed by atoms with Crippen molar-refractivity contribution in [2.45, 2.75) is 24.8 Å². The van der Waals surface area contributed by atoms with Crippen LogP contribution in [0, 0.1) is 3.57 Å². The molecule has 1 aromatic heterocycles. The van der Waals surface area contributed by atoms with Crippen molar-refractivity contribution in [2.75, 3.05) is 13.2 Å². The van der Waals surface area contributed by atoms with E-state index < -0.39 is 0 Å². The summed E-state index contributed by atoms with van der Waals surface area (Å²) in [6.45, 7) is 1.64. The number of nitrogens with zero attached hydrogens (tertiary/aromatic N) is 2. The van der Waals surface area contributed by atoms with Crippen molar-refractivity contribution in [3.63, 3.8) is 0 Å². The van der Waals surface area contributed by atoms with Crippen molar-refractivity contribution in [1.82, 2.24) is 9.55 Å². The van der Waals surface area contributed by atoms with Crippen LogP contribution in [0.15, 0.2) is 18.2 Å². The van der Waals surface area contributed by atoms with Crippen LogP contribution in [0.25, 0.3) is 11.0 Å². The molecule has 1 saturated heterocycles. The van der Waals surface area contributed by atoms with Crippen molar-refractivity contribution >= 4 is 45.2 Å². The Morgan fingerprint density at radius 1 is 1.50 bits per heavy atom. The summed E-state index contributed by atoms with van der Waals surface area (Å²) in [7, 11) is 0. The van der Waals surface area contributed by atoms with Gasteiger partial charge < -0.3 is 9.30 Å². The second-order valence-corrected chi connectivity index (χ2v) is 6.05. The second-order valence-electron chi connectivity index (χ2n) is 4.54. The lowest BCUT2D eigenvalue weighted by molar-refractivity contribution is 0.0597. The van der Waals surface area contributed by atoms with Gasteiger partial charge in [0.1, 0.15) is 5.82 Å². The van der Waals surface area contributed by atoms with Crippen LogP contribution in [0.3, 0.4) is 0 Å². The summed E-state index contributed by atoms with van der Waals surface area (Å²) in [5.74, 6) is 1.39. The molecule has 1 aromatic carbocycles. The number of hydrogen-bond donors (Lipinski definition) is 0. The van der Waals surface area contributed by atoms with Crippen molar-refractivity contribution in [1.29, 1.82) is 0 Å². The number of alkyl halides is 1. The minimum atomic E-state index is 0.373. The Bertz CT molecular complexity index is 563. The van der Waals surface area contributed by atoms with Crippen molar-refractivity contribution in [3.8, 4) is 0 Å². The molecular weight excluding hydrogens is 363 g/mol. The van der Waals surface area contributed by atoms with Gasteiger partial charge in [-0.05, 0) is 53.6 Å². The van der Waals surface area contributed by atoms with E-state index in [0.717, 1.165) is 37.4 Å². The maximum Gasteiger partial charge on any atom is 0.125 e. The number of halogens is 2. The van der Waals surface area contributed by atoms with E-state index in [2.05, 4.69) is 50.3 Å². The number of fused-ring (bicyclic) bond motifs is 1. The predicted octanol–water partition coefficient (Wildman–Crippen LogP) is 3.73. The maximum absolute atomic E-state index is 6.04. The Kier molecular flexibility index (Phi) is 3.77. The van der Waals surface area contributed by atoms with Crippen molar-refractivity contribution in [2.24, 2.45) is 0 Å². The minimum absolute atomic E-state index is 0.373. The molecule has 0 radical (unpaired) electrons. The largest absolute Gasteiger partial charge is 0.379 e. The fourth-order valence-corrected chi connectivity index (χ4v) is 3.21. The summed E-state index contributed by atoms with van der Waals surface area (Å²) in [5.41, 5.74) is 2.20. The first-order chi connectivity index (χ1) is 8.79. The number of rotatable bonds is 2. The quantitative estimate of drug-likeness (QED) is 0.590. The molecule has 5 heteroatoms. The third-order valence-corrected chi connectivity index (χ3v) is 4.26. The molecule has 3 nitrogen and oxygen atoms in total. The van der Waals surface area contributed by atoms with Crippen LogP contribution >= 0.6 is 34.2 Å². The van der Waals surface area contributed by atoms with E-state index in [1.165, 1.54) is 9.09 Å². The van der Waals surface area contributed by atoms with Crippen LogP contribution in [0.1, 0.15) is 24.7 Å². The third-order valence-electron chi connectivity index (χ3n) is 3.35. The number of hydrogen-bond acceptors (Lipinski definition) is 2. The first-order valence-electron chi connectivity index (χ1n) is 6.09. The highest BCUT2D eigenvalue weighted by atomic mass is 127. The molecule has 2 aromatic rings. The third kappa shape index (κ3) is 2.26. The van der Waals surface area contributed by atoms with Gasteiger partial charge in [0.2, 0.25) is 0 Å². The molecule has 0 N–H and O–H groups in total. The Balaban J connectivity index is 2.12. The zero-order chi connectivity index (χ0) is 12.5. The Labute approximate surface area is 125 Å². The van der Waals surface area contributed by atoms with Crippen molar-refractivity contribution < 1.29 is 4.74 Å². The smallest absolute Gasteiger partial charge is 0.125 e. The predicted molar refractivity (Wildman–Crippen MR) is 81.1 cm³/mol. The van der Waals surface area contributed by atoms with Crippen LogP contribution in [0.2, 0.25) is 0 Å². The molecule has 18 heavy (non-hydrogen) atoms. The average molecular weight is 377 g/mol. The van der Waals surface area contributed by atoms with E-state index in [4.69, 9.17) is 16.3 Å². The van der Waals surface area contributed by atoms with Crippen LogP contribution < -0.4 is 0 Å². The van der Waals surface area contributed by atoms with E-state index >= 15 is 0 Å². The summed E-state index contributed by atoms with van der Waals surface area (Å²) in [4.78, 5) is 4.64. The number of imidazole rings is 1. The normalized spacial score (nSPS) is 20.4. The lowest BCUT2D eigenvalue weighted by Crippen LogP contribution is -2.22. The summed E-state index contributed by atoms with van der Waals surface area (Å²) in [6.07, 6.45) is 2.25. The maximum atomic E-state index is 6.04. The summed E-state index contributed by atoms with van der Waals surface area (Å²) in [5, 5.41) is 0. The van der Waals surface area contributed by atoms with Gasteiger partial charge in [-0.15, -0.1) is 11.6 Å². The van der Waals surface area contributed by atoms with Crippen LogP contribution in [-0.4, -0.2) is 22.8 Å². The van der Waals surface area contributed by atoms with Crippen molar-refractivity contribution in [3.05, 3.63) is 27.6 Å². The Morgan fingerprint density at radius 3 is 3.11 bits per heavy atom. The fraction of sp³-hybridized carbons (Fsp3) is 0.462. The van der Waals surface area contributed by atoms with E-state index in [9.17, 15) is 0 Å². The molecule has 96 valence electrons. The summed E-state index contributed by atoms with van der Waals surface area (Å²) < 4.78 is 9.05. The van der Waals surface area contributed by atoms with E-state index in [1.807, 2.05) is 0 Å². The molecule has 0 spiro atoms. The van der Waals surface area contributed by atoms with Crippen LogP contribution in [0.5, 0.6) is 0 Å². The Hall–Kier alpha value is -0.330. The van der Waals surface area contributed by atoms with Gasteiger partial charge in [0.05, 0.1) is 29.6 Å². The Morgan fingerprint density at radius 2 is 2.39 bits per heavy atom. The summed E-state index contributed by atoms with van der Waals surface area (Å²) in [6, 6.07) is 6.72. The van der Waals surface area contributed by atoms with Crippen LogP contribution in [-0.2, 0) is 10.6 Å². The van der Waals surface area contributed by atoms with Gasteiger partial charge in [-0.1, -0.05) is 0 Å². The molecule has 1 fully saturated rings. The molecule has 0 bridgehead atoms. The zero-order valence-electron chi connectivity index (χ0n) is 9.90. The van der Waals surface area contributed by atoms with Gasteiger partial charge in [0.25, 0.3) is 0 Å². The second kappa shape index (κ2) is 5.35. The lowest BCUT2D eigenvalue weighted by Gasteiger charge is -2.25. The SMILES string of the molecule is ClCc1nc2cc(I)ccc2n1C1CCCOC1.